The fourth-order valence-electron chi connectivity index (χ4n) is 1.90. The lowest BCUT2D eigenvalue weighted by molar-refractivity contribution is -0.118. The van der Waals surface area contributed by atoms with Crippen LogP contribution in [-0.4, -0.2) is 21.6 Å². The van der Waals surface area contributed by atoms with E-state index in [0.717, 1.165) is 5.56 Å². The summed E-state index contributed by atoms with van der Waals surface area (Å²) >= 11 is 2.58. The molecule has 7 heteroatoms. The number of nitrogens with one attached hydrogen (secondary N) is 2. The molecule has 22 heavy (non-hydrogen) atoms. The van der Waals surface area contributed by atoms with E-state index in [1.165, 1.54) is 23.1 Å². The van der Waals surface area contributed by atoms with Gasteiger partial charge in [0.1, 0.15) is 4.70 Å². The van der Waals surface area contributed by atoms with Crippen LogP contribution in [-0.2, 0) is 11.3 Å². The molecule has 5 nitrogen and oxygen atoms in total. The molecule has 2 aromatic heterocycles. The number of aromatic nitrogens is 2. The quantitative estimate of drug-likeness (QED) is 0.556. The topological polar surface area (TPSA) is 74.8 Å². The summed E-state index contributed by atoms with van der Waals surface area (Å²) in [5.74, 6) is 0.118. The maximum absolute atomic E-state index is 11.8. The molecule has 2 heterocycles. The molecular weight excluding hydrogens is 318 g/mol. The number of carbonyl (C=O) groups excluding carboxylic acids is 1. The van der Waals surface area contributed by atoms with Crippen molar-refractivity contribution in [3.05, 3.63) is 57.7 Å². The molecule has 3 aromatic rings. The van der Waals surface area contributed by atoms with Gasteiger partial charge in [-0.1, -0.05) is 42.1 Å². The van der Waals surface area contributed by atoms with E-state index in [1.54, 1.807) is 6.07 Å². The normalized spacial score (nSPS) is 10.7. The van der Waals surface area contributed by atoms with Gasteiger partial charge < -0.3 is 10.3 Å². The molecule has 0 bridgehead atoms. The third-order valence-corrected chi connectivity index (χ3v) is 4.74. The Morgan fingerprint density at radius 2 is 2.09 bits per heavy atom. The molecule has 0 unspecified atom stereocenters. The van der Waals surface area contributed by atoms with Gasteiger partial charge in [0.15, 0.2) is 5.16 Å². The van der Waals surface area contributed by atoms with Crippen molar-refractivity contribution in [1.82, 2.24) is 15.3 Å². The van der Waals surface area contributed by atoms with Crippen molar-refractivity contribution in [1.29, 1.82) is 0 Å². The molecular formula is C15H13N3O2S2. The summed E-state index contributed by atoms with van der Waals surface area (Å²) < 4.78 is 0.609. The number of aromatic amines is 1. The molecule has 0 saturated carbocycles. The summed E-state index contributed by atoms with van der Waals surface area (Å²) in [4.78, 5) is 30.7. The van der Waals surface area contributed by atoms with Gasteiger partial charge in [-0.05, 0) is 17.0 Å². The average Bonchev–Trinajstić information content (AvgIpc) is 3.01. The van der Waals surface area contributed by atoms with Crippen molar-refractivity contribution in [3.8, 4) is 0 Å². The van der Waals surface area contributed by atoms with Crippen LogP contribution < -0.4 is 10.9 Å². The molecule has 0 fully saturated rings. The Morgan fingerprint density at radius 1 is 1.27 bits per heavy atom. The van der Waals surface area contributed by atoms with Crippen molar-refractivity contribution in [2.24, 2.45) is 0 Å². The van der Waals surface area contributed by atoms with E-state index in [2.05, 4.69) is 15.3 Å². The van der Waals surface area contributed by atoms with Gasteiger partial charge in [0.2, 0.25) is 5.91 Å². The number of nitrogens with zero attached hydrogens (tertiary/aromatic N) is 1. The molecule has 0 aliphatic carbocycles. The Labute approximate surface area is 134 Å². The minimum atomic E-state index is -0.160. The van der Waals surface area contributed by atoms with Gasteiger partial charge in [-0.2, -0.15) is 0 Å². The van der Waals surface area contributed by atoms with E-state index in [1.807, 2.05) is 35.7 Å². The standard InChI is InChI=1S/C15H13N3O2S2/c19-12(16-8-10-4-2-1-3-5-10)9-22-15-17-11-6-7-21-13(11)14(20)18-15/h1-7H,8-9H2,(H,16,19)(H,17,18,20). The maximum Gasteiger partial charge on any atom is 0.269 e. The molecule has 1 amide bonds. The van der Waals surface area contributed by atoms with Crippen molar-refractivity contribution >= 4 is 39.2 Å². The van der Waals surface area contributed by atoms with Crippen LogP contribution in [0, 0.1) is 0 Å². The number of rotatable bonds is 5. The van der Waals surface area contributed by atoms with Crippen LogP contribution in [0.15, 0.2) is 51.7 Å². The zero-order valence-electron chi connectivity index (χ0n) is 11.5. The molecule has 3 rings (SSSR count). The predicted octanol–water partition coefficient (Wildman–Crippen LogP) is 2.39. The minimum Gasteiger partial charge on any atom is -0.351 e. The first-order valence-electron chi connectivity index (χ1n) is 6.63. The van der Waals surface area contributed by atoms with E-state index < -0.39 is 0 Å². The summed E-state index contributed by atoms with van der Waals surface area (Å²) in [5, 5.41) is 5.13. The fraction of sp³-hybridized carbons (Fsp3) is 0.133. The van der Waals surface area contributed by atoms with Gasteiger partial charge in [0, 0.05) is 6.54 Å². The molecule has 1 aromatic carbocycles. The molecule has 2 N–H and O–H groups in total. The minimum absolute atomic E-state index is 0.0954. The van der Waals surface area contributed by atoms with Gasteiger partial charge in [-0.15, -0.1) is 11.3 Å². The first-order valence-corrected chi connectivity index (χ1v) is 8.50. The van der Waals surface area contributed by atoms with Crippen molar-refractivity contribution in [2.45, 2.75) is 11.7 Å². The zero-order valence-corrected chi connectivity index (χ0v) is 13.2. The van der Waals surface area contributed by atoms with E-state index in [4.69, 9.17) is 0 Å². The summed E-state index contributed by atoms with van der Waals surface area (Å²) in [6.07, 6.45) is 0. The number of H-pyrrole nitrogens is 1. The van der Waals surface area contributed by atoms with Crippen LogP contribution in [0.25, 0.3) is 10.2 Å². The smallest absolute Gasteiger partial charge is 0.269 e. The summed E-state index contributed by atoms with van der Waals surface area (Å²) in [6.45, 7) is 0.494. The second-order valence-corrected chi connectivity index (χ2v) is 6.44. The number of carbonyl (C=O) groups is 1. The summed E-state index contributed by atoms with van der Waals surface area (Å²) in [5.41, 5.74) is 1.56. The third-order valence-electron chi connectivity index (χ3n) is 2.97. The third kappa shape index (κ3) is 3.55. The van der Waals surface area contributed by atoms with Gasteiger partial charge in [-0.3, -0.25) is 9.59 Å². The lowest BCUT2D eigenvalue weighted by Crippen LogP contribution is -2.24. The van der Waals surface area contributed by atoms with Crippen molar-refractivity contribution in [3.63, 3.8) is 0 Å². The lowest BCUT2D eigenvalue weighted by atomic mass is 10.2. The van der Waals surface area contributed by atoms with Crippen LogP contribution >= 0.6 is 23.1 Å². The Balaban J connectivity index is 1.57. The lowest BCUT2D eigenvalue weighted by Gasteiger charge is -2.05. The second-order valence-electron chi connectivity index (χ2n) is 4.56. The number of thiophene rings is 1. The van der Waals surface area contributed by atoms with E-state index >= 15 is 0 Å². The number of hydrogen-bond donors (Lipinski definition) is 2. The van der Waals surface area contributed by atoms with Crippen molar-refractivity contribution < 1.29 is 4.79 Å². The highest BCUT2D eigenvalue weighted by atomic mass is 32.2. The number of fused-ring (bicyclic) bond motifs is 1. The Morgan fingerprint density at radius 3 is 2.91 bits per heavy atom. The summed E-state index contributed by atoms with van der Waals surface area (Å²) in [6, 6.07) is 11.5. The van der Waals surface area contributed by atoms with E-state index in [0.29, 0.717) is 21.9 Å². The van der Waals surface area contributed by atoms with Crippen LogP contribution in [0.4, 0.5) is 0 Å². The van der Waals surface area contributed by atoms with Gasteiger partial charge in [0.05, 0.1) is 11.3 Å². The fourth-order valence-corrected chi connectivity index (χ4v) is 3.32. The van der Waals surface area contributed by atoms with Crippen LogP contribution in [0.3, 0.4) is 0 Å². The average molecular weight is 331 g/mol. The van der Waals surface area contributed by atoms with E-state index in [9.17, 15) is 9.59 Å². The molecule has 0 saturated heterocycles. The molecule has 0 atom stereocenters. The Hall–Kier alpha value is -2.12. The predicted molar refractivity (Wildman–Crippen MR) is 89.3 cm³/mol. The Kier molecular flexibility index (Phi) is 4.55. The number of hydrogen-bond acceptors (Lipinski definition) is 5. The molecule has 0 radical (unpaired) electrons. The molecule has 0 aliphatic heterocycles. The monoisotopic (exact) mass is 331 g/mol. The number of thioether (sulfide) groups is 1. The second kappa shape index (κ2) is 6.76. The first-order chi connectivity index (χ1) is 10.7. The molecule has 0 aliphatic rings. The highest BCUT2D eigenvalue weighted by Crippen LogP contribution is 2.18. The number of amides is 1. The SMILES string of the molecule is O=C(CSc1nc2ccsc2c(=O)[nH]1)NCc1ccccc1. The van der Waals surface area contributed by atoms with Crippen molar-refractivity contribution in [2.75, 3.05) is 5.75 Å². The molecule has 112 valence electrons. The number of benzene rings is 1. The van der Waals surface area contributed by atoms with Crippen LogP contribution in [0.1, 0.15) is 5.56 Å². The first kappa shape index (κ1) is 14.8. The molecule has 0 spiro atoms. The summed E-state index contributed by atoms with van der Waals surface area (Å²) in [7, 11) is 0. The van der Waals surface area contributed by atoms with Gasteiger partial charge in [-0.25, -0.2) is 4.98 Å². The van der Waals surface area contributed by atoms with Crippen LogP contribution in [0.5, 0.6) is 0 Å². The Bertz CT molecular complexity index is 843. The maximum atomic E-state index is 11.8. The largest absolute Gasteiger partial charge is 0.351 e. The highest BCUT2D eigenvalue weighted by molar-refractivity contribution is 7.99. The van der Waals surface area contributed by atoms with Crippen LogP contribution in [0.2, 0.25) is 0 Å². The zero-order chi connectivity index (χ0) is 15.4. The van der Waals surface area contributed by atoms with Gasteiger partial charge >= 0.3 is 0 Å². The highest BCUT2D eigenvalue weighted by Gasteiger charge is 2.08. The van der Waals surface area contributed by atoms with Gasteiger partial charge in [0.25, 0.3) is 5.56 Å². The van der Waals surface area contributed by atoms with E-state index in [-0.39, 0.29) is 17.2 Å².